The maximum Gasteiger partial charge on any atom is 0.112 e. The summed E-state index contributed by atoms with van der Waals surface area (Å²) in [7, 11) is 0. The Hall–Kier alpha value is -0.870. The van der Waals surface area contributed by atoms with E-state index in [-0.39, 0.29) is 0 Å². The Morgan fingerprint density at radius 3 is 3.06 bits per heavy atom. The minimum Gasteiger partial charge on any atom is -0.329 e. The molecule has 0 saturated heterocycles. The summed E-state index contributed by atoms with van der Waals surface area (Å²) in [6.45, 7) is 8.89. The quantitative estimate of drug-likeness (QED) is 0.862. The Morgan fingerprint density at radius 2 is 2.28 bits per heavy atom. The number of aromatic nitrogens is 2. The molecule has 3 rings (SSSR count). The predicted octanol–water partition coefficient (Wildman–Crippen LogP) is 1.49. The lowest BCUT2D eigenvalue weighted by atomic mass is 9.97. The molecule has 0 saturated carbocycles. The maximum atomic E-state index is 6.16. The van der Waals surface area contributed by atoms with Crippen LogP contribution in [0, 0.1) is 0 Å². The first-order valence-electron chi connectivity index (χ1n) is 7.25. The number of nitrogens with zero attached hydrogens (tertiary/aromatic N) is 3. The third kappa shape index (κ3) is 1.97. The molecule has 2 aliphatic heterocycles. The van der Waals surface area contributed by atoms with E-state index in [1.165, 1.54) is 30.2 Å². The molecule has 2 N–H and O–H groups in total. The van der Waals surface area contributed by atoms with Crippen molar-refractivity contribution in [2.24, 2.45) is 5.73 Å². The highest BCUT2D eigenvalue weighted by Gasteiger charge is 2.30. The maximum absolute atomic E-state index is 6.16. The molecule has 100 valence electrons. The van der Waals surface area contributed by atoms with Gasteiger partial charge in [0.05, 0.1) is 11.4 Å². The van der Waals surface area contributed by atoms with Gasteiger partial charge < -0.3 is 10.3 Å². The van der Waals surface area contributed by atoms with Gasteiger partial charge in [0.1, 0.15) is 5.82 Å². The molecule has 2 unspecified atom stereocenters. The Balaban J connectivity index is 1.92. The molecule has 18 heavy (non-hydrogen) atoms. The van der Waals surface area contributed by atoms with Gasteiger partial charge in [0.2, 0.25) is 0 Å². The van der Waals surface area contributed by atoms with Gasteiger partial charge in [-0.05, 0) is 19.4 Å². The summed E-state index contributed by atoms with van der Waals surface area (Å²) in [5, 5.41) is 0. The van der Waals surface area contributed by atoms with Gasteiger partial charge in [-0.1, -0.05) is 13.8 Å². The SMILES string of the molecule is CCCN1CCc2nc3n(c2C1)CC(N)CC3C. The molecule has 0 radical (unpaired) electrons. The van der Waals surface area contributed by atoms with Crippen LogP contribution in [0.25, 0.3) is 0 Å². The molecule has 1 aromatic rings. The molecule has 0 amide bonds. The molecule has 3 heterocycles. The number of imidazole rings is 1. The molecule has 0 bridgehead atoms. The summed E-state index contributed by atoms with van der Waals surface area (Å²) in [6, 6.07) is 0.298. The second-order valence-electron chi connectivity index (χ2n) is 5.90. The van der Waals surface area contributed by atoms with Crippen molar-refractivity contribution in [3.63, 3.8) is 0 Å². The Morgan fingerprint density at radius 1 is 1.44 bits per heavy atom. The first-order valence-corrected chi connectivity index (χ1v) is 7.25. The van der Waals surface area contributed by atoms with Gasteiger partial charge in [0.15, 0.2) is 0 Å². The lowest BCUT2D eigenvalue weighted by Gasteiger charge is -2.30. The van der Waals surface area contributed by atoms with Crippen LogP contribution in [0.3, 0.4) is 0 Å². The van der Waals surface area contributed by atoms with Crippen molar-refractivity contribution in [2.75, 3.05) is 13.1 Å². The van der Waals surface area contributed by atoms with E-state index in [9.17, 15) is 0 Å². The van der Waals surface area contributed by atoms with Crippen LogP contribution in [-0.2, 0) is 19.5 Å². The summed E-state index contributed by atoms with van der Waals surface area (Å²) < 4.78 is 2.41. The predicted molar refractivity (Wildman–Crippen MR) is 72.5 cm³/mol. The molecule has 1 aromatic heterocycles. The van der Waals surface area contributed by atoms with E-state index in [2.05, 4.69) is 23.3 Å². The normalized spacial score (nSPS) is 27.9. The molecule has 2 atom stereocenters. The van der Waals surface area contributed by atoms with Crippen molar-refractivity contribution < 1.29 is 0 Å². The minimum absolute atomic E-state index is 0.298. The number of fused-ring (bicyclic) bond motifs is 3. The van der Waals surface area contributed by atoms with Gasteiger partial charge in [-0.3, -0.25) is 4.90 Å². The van der Waals surface area contributed by atoms with E-state index in [1.54, 1.807) is 0 Å². The molecule has 2 aliphatic rings. The van der Waals surface area contributed by atoms with E-state index >= 15 is 0 Å². The van der Waals surface area contributed by atoms with Crippen LogP contribution in [0.2, 0.25) is 0 Å². The summed E-state index contributed by atoms with van der Waals surface area (Å²) in [5.41, 5.74) is 8.93. The van der Waals surface area contributed by atoms with Crippen molar-refractivity contribution in [1.82, 2.24) is 14.5 Å². The summed E-state index contributed by atoms with van der Waals surface area (Å²) in [5.74, 6) is 1.79. The van der Waals surface area contributed by atoms with Crippen LogP contribution in [-0.4, -0.2) is 33.6 Å². The molecule has 4 nitrogen and oxygen atoms in total. The highest BCUT2D eigenvalue weighted by molar-refractivity contribution is 5.23. The number of rotatable bonds is 2. The highest BCUT2D eigenvalue weighted by atomic mass is 15.2. The second-order valence-corrected chi connectivity index (χ2v) is 5.90. The molecule has 0 fully saturated rings. The lowest BCUT2D eigenvalue weighted by molar-refractivity contribution is 0.243. The first-order chi connectivity index (χ1) is 8.69. The van der Waals surface area contributed by atoms with Crippen LogP contribution in [0.1, 0.15) is 49.8 Å². The fourth-order valence-corrected chi connectivity index (χ4v) is 3.44. The molecule has 4 heteroatoms. The zero-order valence-electron chi connectivity index (χ0n) is 11.5. The van der Waals surface area contributed by atoms with Gasteiger partial charge in [0, 0.05) is 38.0 Å². The summed E-state index contributed by atoms with van der Waals surface area (Å²) in [4.78, 5) is 7.43. The summed E-state index contributed by atoms with van der Waals surface area (Å²) >= 11 is 0. The Labute approximate surface area is 109 Å². The van der Waals surface area contributed by atoms with Gasteiger partial charge in [0.25, 0.3) is 0 Å². The third-order valence-corrected chi connectivity index (χ3v) is 4.28. The molecule has 0 aromatic carbocycles. The van der Waals surface area contributed by atoms with Gasteiger partial charge in [-0.15, -0.1) is 0 Å². The van der Waals surface area contributed by atoms with Crippen molar-refractivity contribution >= 4 is 0 Å². The highest BCUT2D eigenvalue weighted by Crippen LogP contribution is 2.30. The van der Waals surface area contributed by atoms with E-state index in [0.717, 1.165) is 32.5 Å². The molecular weight excluding hydrogens is 224 g/mol. The van der Waals surface area contributed by atoms with Gasteiger partial charge in [-0.25, -0.2) is 4.98 Å². The van der Waals surface area contributed by atoms with Gasteiger partial charge >= 0.3 is 0 Å². The van der Waals surface area contributed by atoms with Crippen molar-refractivity contribution in [3.05, 3.63) is 17.2 Å². The van der Waals surface area contributed by atoms with Crippen LogP contribution in [0.4, 0.5) is 0 Å². The van der Waals surface area contributed by atoms with E-state index in [4.69, 9.17) is 10.7 Å². The standard InChI is InChI=1S/C14H24N4/c1-3-5-17-6-4-12-13(9-17)18-8-11(15)7-10(2)14(18)16-12/h10-11H,3-9,15H2,1-2H3. The van der Waals surface area contributed by atoms with Crippen molar-refractivity contribution in [3.8, 4) is 0 Å². The van der Waals surface area contributed by atoms with E-state index < -0.39 is 0 Å². The number of hydrogen-bond donors (Lipinski definition) is 1. The fraction of sp³-hybridized carbons (Fsp3) is 0.786. The lowest BCUT2D eigenvalue weighted by Crippen LogP contribution is -2.36. The average molecular weight is 248 g/mol. The zero-order valence-corrected chi connectivity index (χ0v) is 11.5. The summed E-state index contributed by atoms with van der Waals surface area (Å²) in [6.07, 6.45) is 3.41. The van der Waals surface area contributed by atoms with E-state index in [0.29, 0.717) is 12.0 Å². The first kappa shape index (κ1) is 12.2. The van der Waals surface area contributed by atoms with Crippen LogP contribution in [0.15, 0.2) is 0 Å². The Kier molecular flexibility index (Phi) is 3.16. The monoisotopic (exact) mass is 248 g/mol. The average Bonchev–Trinajstić information content (AvgIpc) is 2.68. The number of hydrogen-bond acceptors (Lipinski definition) is 3. The second kappa shape index (κ2) is 4.67. The molecule has 0 aliphatic carbocycles. The van der Waals surface area contributed by atoms with Crippen LogP contribution in [0.5, 0.6) is 0 Å². The smallest absolute Gasteiger partial charge is 0.112 e. The van der Waals surface area contributed by atoms with Crippen molar-refractivity contribution in [1.29, 1.82) is 0 Å². The topological polar surface area (TPSA) is 47.1 Å². The Bertz CT molecular complexity index is 437. The molecular formula is C14H24N4. The van der Waals surface area contributed by atoms with Crippen LogP contribution >= 0.6 is 0 Å². The molecule has 0 spiro atoms. The fourth-order valence-electron chi connectivity index (χ4n) is 3.44. The van der Waals surface area contributed by atoms with Gasteiger partial charge in [-0.2, -0.15) is 0 Å². The zero-order chi connectivity index (χ0) is 12.7. The van der Waals surface area contributed by atoms with E-state index in [1.807, 2.05) is 0 Å². The number of nitrogens with two attached hydrogens (primary N) is 1. The van der Waals surface area contributed by atoms with Crippen LogP contribution < -0.4 is 5.73 Å². The minimum atomic E-state index is 0.298. The largest absolute Gasteiger partial charge is 0.329 e. The third-order valence-electron chi connectivity index (χ3n) is 4.28. The van der Waals surface area contributed by atoms with Crippen molar-refractivity contribution in [2.45, 2.75) is 58.2 Å².